The van der Waals surface area contributed by atoms with Crippen molar-refractivity contribution in [2.45, 2.75) is 38.5 Å². The minimum absolute atomic E-state index is 0.0339. The van der Waals surface area contributed by atoms with E-state index >= 15 is 0 Å². The molecule has 15 heavy (non-hydrogen) atoms. The maximum Gasteiger partial charge on any atom is 0.409 e. The quantitative estimate of drug-likeness (QED) is 0.728. The van der Waals surface area contributed by atoms with Gasteiger partial charge in [0.2, 0.25) is 0 Å². The summed E-state index contributed by atoms with van der Waals surface area (Å²) in [5, 5.41) is 9.24. The third-order valence-corrected chi connectivity index (χ3v) is 2.48. The minimum atomic E-state index is -1.22. The van der Waals surface area contributed by atoms with Gasteiger partial charge in [-0.3, -0.25) is 0 Å². The van der Waals surface area contributed by atoms with E-state index in [2.05, 4.69) is 0 Å². The third-order valence-electron chi connectivity index (χ3n) is 2.48. The van der Waals surface area contributed by atoms with Crippen molar-refractivity contribution in [1.29, 1.82) is 0 Å². The number of β-amino-alcohol motifs (C(OH)–C–C–N with tert-alkyl or cyclic N) is 1. The number of likely N-dealkylation sites (tertiary alicyclic amines) is 1. The molecule has 0 saturated carbocycles. The van der Waals surface area contributed by atoms with Crippen LogP contribution >= 0.6 is 0 Å². The number of aliphatic hydroxyl groups is 1. The number of ether oxygens (including phenoxy) is 1. The van der Waals surface area contributed by atoms with Crippen LogP contribution in [0.15, 0.2) is 0 Å². The van der Waals surface area contributed by atoms with Crippen molar-refractivity contribution in [3.8, 4) is 0 Å². The zero-order valence-electron chi connectivity index (χ0n) is 8.99. The first kappa shape index (κ1) is 12.2. The van der Waals surface area contributed by atoms with Crippen molar-refractivity contribution in [3.05, 3.63) is 0 Å². The molecule has 1 heterocycles. The molecule has 0 bridgehead atoms. The Balaban J connectivity index is 2.28. The molecule has 1 rings (SSSR count). The largest absolute Gasteiger partial charge is 0.449 e. The van der Waals surface area contributed by atoms with Crippen LogP contribution in [0.25, 0.3) is 0 Å². The fourth-order valence-electron chi connectivity index (χ4n) is 1.46. The van der Waals surface area contributed by atoms with Crippen molar-refractivity contribution >= 4 is 6.09 Å². The van der Waals surface area contributed by atoms with Gasteiger partial charge in [-0.15, -0.1) is 0 Å². The first-order valence-corrected chi connectivity index (χ1v) is 5.39. The van der Waals surface area contributed by atoms with Crippen LogP contribution in [0.4, 0.5) is 9.18 Å². The van der Waals surface area contributed by atoms with Gasteiger partial charge < -0.3 is 14.7 Å². The Hall–Kier alpha value is -0.840. The van der Waals surface area contributed by atoms with Gasteiger partial charge in [0.15, 0.2) is 0 Å². The normalized spacial score (nSPS) is 26.5. The Labute approximate surface area is 89.0 Å². The summed E-state index contributed by atoms with van der Waals surface area (Å²) in [6.07, 6.45) is -0.767. The van der Waals surface area contributed by atoms with Crippen molar-refractivity contribution < 1.29 is 19.0 Å². The predicted molar refractivity (Wildman–Crippen MR) is 53.3 cm³/mol. The molecule has 0 aromatic carbocycles. The number of nitrogens with zero attached hydrogens (tertiary/aromatic N) is 1. The summed E-state index contributed by atoms with van der Waals surface area (Å²) in [6.45, 7) is 2.75. The number of carbonyl (C=O) groups is 1. The Morgan fingerprint density at radius 3 is 3.00 bits per heavy atom. The summed E-state index contributed by atoms with van der Waals surface area (Å²) in [5.74, 6) is 0. The van der Waals surface area contributed by atoms with Gasteiger partial charge in [0.1, 0.15) is 12.3 Å². The summed E-state index contributed by atoms with van der Waals surface area (Å²) in [4.78, 5) is 12.8. The van der Waals surface area contributed by atoms with E-state index in [-0.39, 0.29) is 13.0 Å². The molecular weight excluding hydrogens is 201 g/mol. The summed E-state index contributed by atoms with van der Waals surface area (Å²) in [5.41, 5.74) is 0. The van der Waals surface area contributed by atoms with Crippen LogP contribution in [0.5, 0.6) is 0 Å². The van der Waals surface area contributed by atoms with Crippen LogP contribution in [-0.2, 0) is 4.74 Å². The lowest BCUT2D eigenvalue weighted by molar-refractivity contribution is 0.000913. The molecule has 0 unspecified atom stereocenters. The fourth-order valence-corrected chi connectivity index (χ4v) is 1.46. The number of alkyl halides is 1. The summed E-state index contributed by atoms with van der Waals surface area (Å²) in [6, 6.07) is 0. The van der Waals surface area contributed by atoms with Crippen molar-refractivity contribution in [2.75, 3.05) is 19.7 Å². The number of halogens is 1. The van der Waals surface area contributed by atoms with E-state index in [4.69, 9.17) is 4.74 Å². The number of piperidine rings is 1. The third kappa shape index (κ3) is 3.66. The number of hydrogen-bond acceptors (Lipinski definition) is 3. The lowest BCUT2D eigenvalue weighted by atomic mass is 10.1. The molecule has 1 amide bonds. The van der Waals surface area contributed by atoms with Gasteiger partial charge in [0.05, 0.1) is 13.2 Å². The molecule has 0 aromatic heterocycles. The van der Waals surface area contributed by atoms with Crippen LogP contribution in [0.2, 0.25) is 0 Å². The molecule has 0 aromatic rings. The Morgan fingerprint density at radius 2 is 2.40 bits per heavy atom. The molecule has 5 heteroatoms. The monoisotopic (exact) mass is 219 g/mol. The number of rotatable bonds is 3. The van der Waals surface area contributed by atoms with Crippen molar-refractivity contribution in [3.63, 3.8) is 0 Å². The van der Waals surface area contributed by atoms with Crippen molar-refractivity contribution in [2.24, 2.45) is 0 Å². The Bertz CT molecular complexity index is 213. The second-order valence-corrected chi connectivity index (χ2v) is 3.79. The van der Waals surface area contributed by atoms with Gasteiger partial charge in [0, 0.05) is 6.54 Å². The molecule has 1 aliphatic heterocycles. The molecule has 1 N–H and O–H groups in total. The number of carbonyl (C=O) groups excluding carboxylic acids is 1. The summed E-state index contributed by atoms with van der Waals surface area (Å²) in [7, 11) is 0. The first-order chi connectivity index (χ1) is 7.15. The van der Waals surface area contributed by atoms with E-state index in [9.17, 15) is 14.3 Å². The van der Waals surface area contributed by atoms with E-state index in [1.807, 2.05) is 6.92 Å². The van der Waals surface area contributed by atoms with Crippen LogP contribution in [0, 0.1) is 0 Å². The highest BCUT2D eigenvalue weighted by molar-refractivity contribution is 5.67. The van der Waals surface area contributed by atoms with Gasteiger partial charge in [-0.1, -0.05) is 13.3 Å². The van der Waals surface area contributed by atoms with E-state index in [1.54, 1.807) is 0 Å². The van der Waals surface area contributed by atoms with E-state index < -0.39 is 18.4 Å². The molecule has 1 aliphatic rings. The number of amides is 1. The maximum atomic E-state index is 12.9. The SMILES string of the molecule is CCCCOC(=O)N1CC[C@@H](F)[C@@H](O)C1. The molecule has 2 atom stereocenters. The highest BCUT2D eigenvalue weighted by Gasteiger charge is 2.30. The summed E-state index contributed by atoms with van der Waals surface area (Å²) < 4.78 is 17.9. The zero-order valence-corrected chi connectivity index (χ0v) is 8.99. The zero-order chi connectivity index (χ0) is 11.3. The van der Waals surface area contributed by atoms with E-state index in [0.717, 1.165) is 12.8 Å². The van der Waals surface area contributed by atoms with E-state index in [0.29, 0.717) is 13.2 Å². The molecule has 4 nitrogen and oxygen atoms in total. The summed E-state index contributed by atoms with van der Waals surface area (Å²) >= 11 is 0. The lowest BCUT2D eigenvalue weighted by Gasteiger charge is -2.31. The Morgan fingerprint density at radius 1 is 1.67 bits per heavy atom. The predicted octanol–water partition coefficient (Wildman–Crippen LogP) is 1.33. The fraction of sp³-hybridized carbons (Fsp3) is 0.900. The number of aliphatic hydroxyl groups excluding tert-OH is 1. The molecule has 0 radical (unpaired) electrons. The van der Waals surface area contributed by atoms with Crippen LogP contribution in [0.3, 0.4) is 0 Å². The molecule has 0 spiro atoms. The number of hydrogen-bond donors (Lipinski definition) is 1. The molecule has 0 aliphatic carbocycles. The smallest absolute Gasteiger partial charge is 0.409 e. The molecule has 88 valence electrons. The molecule has 1 fully saturated rings. The van der Waals surface area contributed by atoms with Gasteiger partial charge in [-0.05, 0) is 12.8 Å². The van der Waals surface area contributed by atoms with Gasteiger partial charge >= 0.3 is 6.09 Å². The lowest BCUT2D eigenvalue weighted by Crippen LogP contribution is -2.47. The maximum absolute atomic E-state index is 12.9. The van der Waals surface area contributed by atoms with Crippen LogP contribution in [0.1, 0.15) is 26.2 Å². The standard InChI is InChI=1S/C10H18FNO3/c1-2-3-6-15-10(14)12-5-4-8(11)9(13)7-12/h8-9,13H,2-7H2,1H3/t8-,9+/m1/s1. The number of unbranched alkanes of at least 4 members (excludes halogenated alkanes) is 1. The second kappa shape index (κ2) is 5.90. The highest BCUT2D eigenvalue weighted by Crippen LogP contribution is 2.14. The van der Waals surface area contributed by atoms with Crippen LogP contribution < -0.4 is 0 Å². The highest BCUT2D eigenvalue weighted by atomic mass is 19.1. The topological polar surface area (TPSA) is 49.8 Å². The van der Waals surface area contributed by atoms with Gasteiger partial charge in [0.25, 0.3) is 0 Å². The van der Waals surface area contributed by atoms with Crippen LogP contribution in [-0.4, -0.2) is 48.1 Å². The van der Waals surface area contributed by atoms with Crippen molar-refractivity contribution in [1.82, 2.24) is 4.90 Å². The van der Waals surface area contributed by atoms with Gasteiger partial charge in [-0.25, -0.2) is 9.18 Å². The molecule has 1 saturated heterocycles. The second-order valence-electron chi connectivity index (χ2n) is 3.79. The molecular formula is C10H18FNO3. The average molecular weight is 219 g/mol. The minimum Gasteiger partial charge on any atom is -0.449 e. The Kier molecular flexibility index (Phi) is 4.81. The first-order valence-electron chi connectivity index (χ1n) is 5.39. The van der Waals surface area contributed by atoms with Gasteiger partial charge in [-0.2, -0.15) is 0 Å². The van der Waals surface area contributed by atoms with E-state index in [1.165, 1.54) is 4.90 Å². The average Bonchev–Trinajstić information content (AvgIpc) is 2.22.